The molecule has 1 fully saturated rings. The molecule has 0 bridgehead atoms. The van der Waals surface area contributed by atoms with Crippen molar-refractivity contribution in [1.82, 2.24) is 9.71 Å². The van der Waals surface area contributed by atoms with Crippen molar-refractivity contribution in [3.8, 4) is 0 Å². The number of nitrogens with zero attached hydrogens (tertiary/aromatic N) is 1. The lowest BCUT2D eigenvalue weighted by molar-refractivity contribution is 0.0314. The summed E-state index contributed by atoms with van der Waals surface area (Å²) in [6, 6.07) is 1.39. The van der Waals surface area contributed by atoms with Crippen LogP contribution in [-0.4, -0.2) is 43.9 Å². The quantitative estimate of drug-likeness (QED) is 0.825. The second-order valence-electron chi connectivity index (χ2n) is 4.16. The van der Waals surface area contributed by atoms with Gasteiger partial charge in [0.2, 0.25) is 10.0 Å². The highest BCUT2D eigenvalue weighted by molar-refractivity contribution is 7.89. The minimum atomic E-state index is -3.78. The van der Waals surface area contributed by atoms with E-state index in [1.807, 2.05) is 0 Å². The fourth-order valence-electron chi connectivity index (χ4n) is 1.60. The van der Waals surface area contributed by atoms with E-state index in [4.69, 9.17) is 16.3 Å². The van der Waals surface area contributed by atoms with Gasteiger partial charge in [-0.3, -0.25) is 4.98 Å². The van der Waals surface area contributed by atoms with Gasteiger partial charge in [0.1, 0.15) is 10.5 Å². The zero-order valence-electron chi connectivity index (χ0n) is 9.47. The largest absolute Gasteiger partial charge is 0.386 e. The van der Waals surface area contributed by atoms with Crippen LogP contribution in [0, 0.1) is 0 Å². The van der Waals surface area contributed by atoms with Crippen LogP contribution < -0.4 is 4.72 Å². The molecule has 1 aliphatic rings. The summed E-state index contributed by atoms with van der Waals surface area (Å²) >= 11 is 5.79. The molecule has 0 saturated carbocycles. The van der Waals surface area contributed by atoms with Crippen LogP contribution in [0.4, 0.5) is 0 Å². The molecule has 0 aliphatic carbocycles. The highest BCUT2D eigenvalue weighted by atomic mass is 35.5. The summed E-state index contributed by atoms with van der Waals surface area (Å²) in [7, 11) is -3.78. The monoisotopic (exact) mass is 292 g/mol. The van der Waals surface area contributed by atoms with E-state index in [9.17, 15) is 13.5 Å². The molecule has 18 heavy (non-hydrogen) atoms. The van der Waals surface area contributed by atoms with Crippen molar-refractivity contribution in [3.05, 3.63) is 23.5 Å². The van der Waals surface area contributed by atoms with Crippen molar-refractivity contribution in [2.75, 3.05) is 19.8 Å². The standard InChI is InChI=1S/C10H13ClN2O4S/c11-8-1-3-12-5-9(8)18(15,16)13-6-10(14)2-4-17-7-10/h1,3,5,13-14H,2,4,6-7H2. The molecule has 8 heteroatoms. The molecule has 0 aromatic carbocycles. The zero-order chi connectivity index (χ0) is 13.2. The van der Waals surface area contributed by atoms with Crippen LogP contribution in [0.5, 0.6) is 0 Å². The van der Waals surface area contributed by atoms with Crippen molar-refractivity contribution < 1.29 is 18.3 Å². The van der Waals surface area contributed by atoms with E-state index < -0.39 is 15.6 Å². The Kier molecular flexibility index (Phi) is 3.88. The second-order valence-corrected chi connectivity index (χ2v) is 6.30. The third-order valence-electron chi connectivity index (χ3n) is 2.70. The first-order chi connectivity index (χ1) is 8.43. The third kappa shape index (κ3) is 2.99. The van der Waals surface area contributed by atoms with Gasteiger partial charge in [-0.15, -0.1) is 0 Å². The Labute approximate surface area is 110 Å². The molecular formula is C10H13ClN2O4S. The van der Waals surface area contributed by atoms with E-state index in [1.54, 1.807) is 0 Å². The van der Waals surface area contributed by atoms with Gasteiger partial charge in [-0.2, -0.15) is 0 Å². The number of pyridine rings is 1. The maximum atomic E-state index is 12.0. The molecule has 0 radical (unpaired) electrons. The summed E-state index contributed by atoms with van der Waals surface area (Å²) in [5.41, 5.74) is -1.15. The number of ether oxygens (including phenoxy) is 1. The molecule has 100 valence electrons. The fourth-order valence-corrected chi connectivity index (χ4v) is 3.15. The molecule has 2 N–H and O–H groups in total. The lowest BCUT2D eigenvalue weighted by atomic mass is 10.1. The van der Waals surface area contributed by atoms with Crippen LogP contribution in [-0.2, 0) is 14.8 Å². The molecule has 1 aromatic rings. The van der Waals surface area contributed by atoms with Crippen molar-refractivity contribution >= 4 is 21.6 Å². The van der Waals surface area contributed by atoms with Gasteiger partial charge in [-0.25, -0.2) is 13.1 Å². The first-order valence-corrected chi connectivity index (χ1v) is 7.18. The van der Waals surface area contributed by atoms with E-state index in [-0.39, 0.29) is 23.1 Å². The van der Waals surface area contributed by atoms with Crippen LogP contribution in [0.2, 0.25) is 5.02 Å². The molecule has 1 unspecified atom stereocenters. The van der Waals surface area contributed by atoms with Crippen molar-refractivity contribution in [1.29, 1.82) is 0 Å². The lowest BCUT2D eigenvalue weighted by Gasteiger charge is -2.20. The molecule has 1 aliphatic heterocycles. The van der Waals surface area contributed by atoms with Gasteiger partial charge >= 0.3 is 0 Å². The number of hydrogen-bond donors (Lipinski definition) is 2. The smallest absolute Gasteiger partial charge is 0.243 e. The first kappa shape index (κ1) is 13.7. The molecule has 6 nitrogen and oxygen atoms in total. The summed E-state index contributed by atoms with van der Waals surface area (Å²) in [4.78, 5) is 3.62. The van der Waals surface area contributed by atoms with Crippen LogP contribution >= 0.6 is 11.6 Å². The summed E-state index contributed by atoms with van der Waals surface area (Å²) in [6.07, 6.45) is 2.97. The lowest BCUT2D eigenvalue weighted by Crippen LogP contribution is -2.43. The van der Waals surface area contributed by atoms with E-state index in [0.29, 0.717) is 13.0 Å². The number of halogens is 1. The minimum Gasteiger partial charge on any atom is -0.386 e. The predicted molar refractivity (Wildman–Crippen MR) is 64.8 cm³/mol. The Morgan fingerprint density at radius 3 is 3.00 bits per heavy atom. The van der Waals surface area contributed by atoms with E-state index >= 15 is 0 Å². The maximum absolute atomic E-state index is 12.0. The normalized spacial score (nSPS) is 24.3. The number of sulfonamides is 1. The highest BCUT2D eigenvalue weighted by Crippen LogP contribution is 2.21. The first-order valence-electron chi connectivity index (χ1n) is 5.32. The van der Waals surface area contributed by atoms with Crippen LogP contribution in [0.25, 0.3) is 0 Å². The number of nitrogens with one attached hydrogen (secondary N) is 1. The van der Waals surface area contributed by atoms with Crippen LogP contribution in [0.3, 0.4) is 0 Å². The van der Waals surface area contributed by atoms with Crippen molar-refractivity contribution in [2.24, 2.45) is 0 Å². The molecule has 2 rings (SSSR count). The van der Waals surface area contributed by atoms with Gasteiger partial charge in [0, 0.05) is 32.0 Å². The number of aromatic nitrogens is 1. The molecule has 1 aromatic heterocycles. The van der Waals surface area contributed by atoms with Gasteiger partial charge in [0.25, 0.3) is 0 Å². The van der Waals surface area contributed by atoms with E-state index in [0.717, 1.165) is 0 Å². The number of hydrogen-bond acceptors (Lipinski definition) is 5. The molecule has 1 saturated heterocycles. The minimum absolute atomic E-state index is 0.0900. The Morgan fingerprint density at radius 2 is 2.39 bits per heavy atom. The molecule has 2 heterocycles. The van der Waals surface area contributed by atoms with Gasteiger partial charge in [-0.1, -0.05) is 11.6 Å². The molecule has 0 amide bonds. The highest BCUT2D eigenvalue weighted by Gasteiger charge is 2.34. The summed E-state index contributed by atoms with van der Waals surface area (Å²) < 4.78 is 31.3. The maximum Gasteiger partial charge on any atom is 0.243 e. The SMILES string of the molecule is O=S(=O)(NCC1(O)CCOC1)c1cnccc1Cl. The van der Waals surface area contributed by atoms with E-state index in [1.165, 1.54) is 18.5 Å². The van der Waals surface area contributed by atoms with Crippen molar-refractivity contribution in [3.63, 3.8) is 0 Å². The number of aliphatic hydroxyl groups is 1. The van der Waals surface area contributed by atoms with Crippen molar-refractivity contribution in [2.45, 2.75) is 16.9 Å². The zero-order valence-corrected chi connectivity index (χ0v) is 11.0. The summed E-state index contributed by atoms with van der Waals surface area (Å²) in [5, 5.41) is 10.1. The molecule has 1 atom stereocenters. The summed E-state index contributed by atoms with van der Waals surface area (Å²) in [6.45, 7) is 0.433. The van der Waals surface area contributed by atoms with Gasteiger partial charge in [0.15, 0.2) is 0 Å². The fraction of sp³-hybridized carbons (Fsp3) is 0.500. The topological polar surface area (TPSA) is 88.5 Å². The Balaban J connectivity index is 2.11. The average molecular weight is 293 g/mol. The summed E-state index contributed by atoms with van der Waals surface area (Å²) in [5.74, 6) is 0. The van der Waals surface area contributed by atoms with Gasteiger partial charge in [0.05, 0.1) is 11.6 Å². The van der Waals surface area contributed by atoms with Crippen LogP contribution in [0.15, 0.2) is 23.4 Å². The second kappa shape index (κ2) is 5.10. The Bertz CT molecular complexity index is 528. The van der Waals surface area contributed by atoms with Gasteiger partial charge in [-0.05, 0) is 6.07 Å². The number of rotatable bonds is 4. The predicted octanol–water partition coefficient (Wildman–Crippen LogP) is 0.165. The Hall–Kier alpha value is -0.730. The van der Waals surface area contributed by atoms with E-state index in [2.05, 4.69) is 9.71 Å². The Morgan fingerprint density at radius 1 is 1.61 bits per heavy atom. The molecular weight excluding hydrogens is 280 g/mol. The van der Waals surface area contributed by atoms with Gasteiger partial charge < -0.3 is 9.84 Å². The van der Waals surface area contributed by atoms with Crippen LogP contribution in [0.1, 0.15) is 6.42 Å². The third-order valence-corrected chi connectivity index (χ3v) is 4.57. The molecule has 0 spiro atoms. The average Bonchev–Trinajstić information content (AvgIpc) is 2.75.